The lowest BCUT2D eigenvalue weighted by Gasteiger charge is -2.48. The van der Waals surface area contributed by atoms with Gasteiger partial charge in [-0.05, 0) is 19.8 Å². The smallest absolute Gasteiger partial charge is 0.339 e. The van der Waals surface area contributed by atoms with E-state index in [1.54, 1.807) is 27.7 Å². The molecule has 0 unspecified atom stereocenters. The van der Waals surface area contributed by atoms with Crippen molar-refractivity contribution in [3.05, 3.63) is 0 Å². The average Bonchev–Trinajstić information content (AvgIpc) is 2.34. The van der Waals surface area contributed by atoms with Crippen molar-refractivity contribution < 1.29 is 19.4 Å². The van der Waals surface area contributed by atoms with Crippen LogP contribution in [0.25, 0.3) is 0 Å². The van der Waals surface area contributed by atoms with Gasteiger partial charge in [-0.3, -0.25) is 4.79 Å². The molecule has 0 spiro atoms. The molecule has 0 aliphatic carbocycles. The Balaban J connectivity index is 2.40. The quantitative estimate of drug-likeness (QED) is 0.642. The van der Waals surface area contributed by atoms with Crippen LogP contribution < -0.4 is 5.32 Å². The van der Waals surface area contributed by atoms with Crippen LogP contribution in [0.3, 0.4) is 0 Å². The van der Waals surface area contributed by atoms with Crippen LogP contribution in [0.15, 0.2) is 0 Å². The summed E-state index contributed by atoms with van der Waals surface area (Å²) in [5.74, 6) is -0.898. The van der Waals surface area contributed by atoms with Gasteiger partial charge in [-0.25, -0.2) is 4.79 Å². The molecule has 2 aliphatic heterocycles. The second-order valence-electron chi connectivity index (χ2n) is 5.52. The molecule has 3 atom stereocenters. The highest BCUT2D eigenvalue weighted by Crippen LogP contribution is 2.48. The number of esters is 1. The fourth-order valence-electron chi connectivity index (χ4n) is 2.52. The van der Waals surface area contributed by atoms with Crippen molar-refractivity contribution in [3.63, 3.8) is 0 Å². The summed E-state index contributed by atoms with van der Waals surface area (Å²) in [4.78, 5) is 23.4. The van der Waals surface area contributed by atoms with Crippen molar-refractivity contribution in [2.45, 2.75) is 45.4 Å². The predicted octanol–water partition coefficient (Wildman–Crippen LogP) is -0.177. The zero-order chi connectivity index (χ0) is 12.3. The van der Waals surface area contributed by atoms with Gasteiger partial charge in [-0.2, -0.15) is 0 Å². The molecule has 0 aromatic carbocycles. The van der Waals surface area contributed by atoms with Crippen molar-refractivity contribution in [2.75, 3.05) is 0 Å². The molecule has 16 heavy (non-hydrogen) atoms. The molecule has 2 fully saturated rings. The fourth-order valence-corrected chi connectivity index (χ4v) is 2.52. The van der Waals surface area contributed by atoms with Crippen molar-refractivity contribution in [3.8, 4) is 0 Å². The Morgan fingerprint density at radius 1 is 1.38 bits per heavy atom. The second-order valence-corrected chi connectivity index (χ2v) is 5.52. The summed E-state index contributed by atoms with van der Waals surface area (Å²) in [6.07, 6.45) is -1.48. The first kappa shape index (κ1) is 11.4. The number of ether oxygens (including phenoxy) is 1. The van der Waals surface area contributed by atoms with Crippen molar-refractivity contribution in [1.29, 1.82) is 0 Å². The van der Waals surface area contributed by atoms with Crippen LogP contribution in [0.5, 0.6) is 0 Å². The fraction of sp³-hybridized carbons (Fsp3) is 0.818. The van der Waals surface area contributed by atoms with Gasteiger partial charge in [0.2, 0.25) is 11.4 Å². The van der Waals surface area contributed by atoms with Gasteiger partial charge in [0, 0.05) is 0 Å². The van der Waals surface area contributed by atoms with Gasteiger partial charge < -0.3 is 15.2 Å². The van der Waals surface area contributed by atoms with Crippen LogP contribution in [-0.2, 0) is 14.3 Å². The average molecular weight is 227 g/mol. The first-order valence-electron chi connectivity index (χ1n) is 5.46. The molecule has 2 N–H and O–H groups in total. The van der Waals surface area contributed by atoms with Crippen LogP contribution >= 0.6 is 0 Å². The summed E-state index contributed by atoms with van der Waals surface area (Å²) in [5.41, 5.74) is -2.00. The second kappa shape index (κ2) is 2.97. The highest BCUT2D eigenvalue weighted by molar-refractivity contribution is 6.01. The number of nitrogens with one attached hydrogen (secondary N) is 1. The lowest BCUT2D eigenvalue weighted by Crippen LogP contribution is -2.74. The number of aliphatic hydroxyl groups is 1. The summed E-state index contributed by atoms with van der Waals surface area (Å²) in [6, 6.07) is 0. The number of hydrogen-bond acceptors (Lipinski definition) is 4. The Morgan fingerprint density at radius 3 is 2.31 bits per heavy atom. The van der Waals surface area contributed by atoms with Gasteiger partial charge in [-0.1, -0.05) is 13.8 Å². The van der Waals surface area contributed by atoms with Gasteiger partial charge >= 0.3 is 5.97 Å². The van der Waals surface area contributed by atoms with E-state index in [4.69, 9.17) is 4.74 Å². The third-order valence-electron chi connectivity index (χ3n) is 3.64. The van der Waals surface area contributed by atoms with Gasteiger partial charge in [0.25, 0.3) is 0 Å². The van der Waals surface area contributed by atoms with Crippen molar-refractivity contribution >= 4 is 11.9 Å². The first-order valence-corrected chi connectivity index (χ1v) is 5.46. The number of fused-ring (bicyclic) bond motifs is 1. The molecule has 2 heterocycles. The topological polar surface area (TPSA) is 75.6 Å². The summed E-state index contributed by atoms with van der Waals surface area (Å²) in [7, 11) is 0. The number of rotatable bonds is 2. The van der Waals surface area contributed by atoms with Gasteiger partial charge in [0.1, 0.15) is 0 Å². The molecule has 5 heteroatoms. The molecule has 0 radical (unpaired) electrons. The molecule has 0 saturated carbocycles. The predicted molar refractivity (Wildman–Crippen MR) is 55.4 cm³/mol. The molecule has 90 valence electrons. The van der Waals surface area contributed by atoms with E-state index in [0.29, 0.717) is 0 Å². The standard InChI is InChI=1S/C11H17NO4/c1-5(2)6(13)11-7(16-9(11)15)10(3,4)8(14)12-11/h5-7,13H,1-4H3,(H,12,14)/t6-,7-,11+/m1/s1. The van der Waals surface area contributed by atoms with E-state index in [2.05, 4.69) is 5.32 Å². The maximum atomic E-state index is 11.8. The SMILES string of the molecule is CC(C)[C@@H](O)[C@]12NC(=O)C(C)(C)[C@H]1OC2=O. The molecule has 1 amide bonds. The maximum Gasteiger partial charge on any atom is 0.339 e. The summed E-state index contributed by atoms with van der Waals surface area (Å²) in [5, 5.41) is 12.7. The number of carbonyl (C=O) groups is 2. The molecule has 2 aliphatic rings. The Labute approximate surface area is 94.2 Å². The third-order valence-corrected chi connectivity index (χ3v) is 3.64. The van der Waals surface area contributed by atoms with E-state index in [9.17, 15) is 14.7 Å². The highest BCUT2D eigenvalue weighted by Gasteiger charge is 2.74. The Morgan fingerprint density at radius 2 is 1.94 bits per heavy atom. The largest absolute Gasteiger partial charge is 0.456 e. The zero-order valence-electron chi connectivity index (χ0n) is 9.90. The summed E-state index contributed by atoms with van der Waals surface area (Å²) >= 11 is 0. The lowest BCUT2D eigenvalue weighted by atomic mass is 9.71. The van der Waals surface area contributed by atoms with Crippen LogP contribution in [0.1, 0.15) is 27.7 Å². The third kappa shape index (κ3) is 1.04. The van der Waals surface area contributed by atoms with E-state index in [-0.39, 0.29) is 11.8 Å². The zero-order valence-corrected chi connectivity index (χ0v) is 9.90. The summed E-state index contributed by atoms with van der Waals surface area (Å²) < 4.78 is 5.04. The minimum Gasteiger partial charge on any atom is -0.456 e. The Kier molecular flexibility index (Phi) is 2.11. The molecule has 2 rings (SSSR count). The Bertz CT molecular complexity index is 363. The molecule has 0 aromatic rings. The van der Waals surface area contributed by atoms with E-state index in [1.807, 2.05) is 0 Å². The number of carbonyl (C=O) groups excluding carboxylic acids is 2. The maximum absolute atomic E-state index is 11.8. The van der Waals surface area contributed by atoms with Crippen molar-refractivity contribution in [2.24, 2.45) is 11.3 Å². The van der Waals surface area contributed by atoms with E-state index >= 15 is 0 Å². The minimum absolute atomic E-state index is 0.121. The number of hydrogen-bond donors (Lipinski definition) is 2. The molecular formula is C11H17NO4. The highest BCUT2D eigenvalue weighted by atomic mass is 16.6. The van der Waals surface area contributed by atoms with E-state index in [1.165, 1.54) is 0 Å². The van der Waals surface area contributed by atoms with Gasteiger partial charge in [-0.15, -0.1) is 0 Å². The van der Waals surface area contributed by atoms with E-state index in [0.717, 1.165) is 0 Å². The van der Waals surface area contributed by atoms with Crippen molar-refractivity contribution in [1.82, 2.24) is 5.32 Å². The van der Waals surface area contributed by atoms with E-state index < -0.39 is 29.1 Å². The van der Waals surface area contributed by atoms with Crippen LogP contribution in [-0.4, -0.2) is 34.7 Å². The van der Waals surface area contributed by atoms with Crippen LogP contribution in [0.2, 0.25) is 0 Å². The minimum atomic E-state index is -1.23. The monoisotopic (exact) mass is 227 g/mol. The number of amides is 1. The lowest BCUT2D eigenvalue weighted by molar-refractivity contribution is -0.213. The number of aliphatic hydroxyl groups excluding tert-OH is 1. The molecular weight excluding hydrogens is 210 g/mol. The normalized spacial score (nSPS) is 37.5. The first-order chi connectivity index (χ1) is 7.24. The van der Waals surface area contributed by atoms with Crippen LogP contribution in [0, 0.1) is 11.3 Å². The molecule has 5 nitrogen and oxygen atoms in total. The molecule has 0 aromatic heterocycles. The van der Waals surface area contributed by atoms with Gasteiger partial charge in [0.15, 0.2) is 6.10 Å². The molecule has 2 saturated heterocycles. The summed E-state index contributed by atoms with van der Waals surface area (Å²) in [6.45, 7) is 7.04. The van der Waals surface area contributed by atoms with Gasteiger partial charge in [0.05, 0.1) is 11.5 Å². The van der Waals surface area contributed by atoms with Crippen LogP contribution in [0.4, 0.5) is 0 Å². The Hall–Kier alpha value is -1.10. The molecule has 0 bridgehead atoms.